The molecule has 0 unspecified atom stereocenters. The van der Waals surface area contributed by atoms with Crippen LogP contribution in [0.2, 0.25) is 5.02 Å². The molecule has 5 aliphatic rings. The quantitative estimate of drug-likeness (QED) is 0.279. The van der Waals surface area contributed by atoms with Crippen LogP contribution in [0.5, 0.6) is 0 Å². The van der Waals surface area contributed by atoms with Gasteiger partial charge in [-0.15, -0.1) is 0 Å². The highest BCUT2D eigenvalue weighted by Gasteiger charge is 2.69. The summed E-state index contributed by atoms with van der Waals surface area (Å²) in [4.78, 5) is 30.4. The van der Waals surface area contributed by atoms with Crippen molar-refractivity contribution < 1.29 is 14.3 Å². The zero-order valence-corrected chi connectivity index (χ0v) is 33.5. The van der Waals surface area contributed by atoms with Gasteiger partial charge in [-0.1, -0.05) is 90.3 Å². The van der Waals surface area contributed by atoms with Gasteiger partial charge < -0.3 is 4.74 Å². The van der Waals surface area contributed by atoms with Gasteiger partial charge in [0.15, 0.2) is 5.78 Å². The number of carbonyl (C=O) groups excluding carboxylic acids is 2. The van der Waals surface area contributed by atoms with E-state index < -0.39 is 17.1 Å². The zero-order chi connectivity index (χ0) is 35.9. The lowest BCUT2D eigenvalue weighted by Gasteiger charge is -2.72. The Balaban J connectivity index is 1.34. The van der Waals surface area contributed by atoms with E-state index in [1.807, 2.05) is 45.0 Å². The van der Waals surface area contributed by atoms with E-state index in [-0.39, 0.29) is 23.2 Å². The van der Waals surface area contributed by atoms with Gasteiger partial charge in [-0.3, -0.25) is 9.69 Å². The van der Waals surface area contributed by atoms with Crippen LogP contribution in [-0.4, -0.2) is 28.9 Å². The maximum absolute atomic E-state index is 15.1. The van der Waals surface area contributed by atoms with E-state index >= 15 is 4.79 Å². The maximum atomic E-state index is 15.1. The average Bonchev–Trinajstić information content (AvgIpc) is 3.41. The van der Waals surface area contributed by atoms with E-state index in [4.69, 9.17) is 16.3 Å². The van der Waals surface area contributed by atoms with Crippen LogP contribution in [0.1, 0.15) is 146 Å². The Morgan fingerprint density at radius 2 is 1.55 bits per heavy atom. The summed E-state index contributed by atoms with van der Waals surface area (Å²) in [5, 5.41) is 0.655. The van der Waals surface area contributed by atoms with Gasteiger partial charge in [-0.2, -0.15) is 0 Å². The number of Topliss-reactive ketones (excluding diaryl/α,β-unsaturated/α-hetero) is 1. The van der Waals surface area contributed by atoms with Crippen LogP contribution >= 0.6 is 11.6 Å². The van der Waals surface area contributed by atoms with Crippen molar-refractivity contribution in [3.05, 3.63) is 46.0 Å². The number of nitrogens with zero attached hydrogens (tertiary/aromatic N) is 1. The van der Waals surface area contributed by atoms with Crippen molar-refractivity contribution in [1.82, 2.24) is 4.90 Å². The van der Waals surface area contributed by atoms with Gasteiger partial charge in [0.25, 0.3) is 0 Å². The minimum Gasteiger partial charge on any atom is -0.444 e. The Morgan fingerprint density at radius 1 is 0.878 bits per heavy atom. The van der Waals surface area contributed by atoms with Crippen molar-refractivity contribution in [3.63, 3.8) is 0 Å². The van der Waals surface area contributed by atoms with Crippen molar-refractivity contribution in [3.8, 4) is 0 Å². The van der Waals surface area contributed by atoms with Crippen LogP contribution in [0.3, 0.4) is 0 Å². The Hall–Kier alpha value is -1.81. The fourth-order valence-corrected chi connectivity index (χ4v) is 13.1. The molecule has 0 spiro atoms. The second-order valence-corrected chi connectivity index (χ2v) is 20.4. The Kier molecular flexibility index (Phi) is 9.36. The third kappa shape index (κ3) is 5.85. The molecule has 49 heavy (non-hydrogen) atoms. The van der Waals surface area contributed by atoms with E-state index in [0.717, 1.165) is 49.0 Å². The van der Waals surface area contributed by atoms with Crippen LogP contribution in [0.25, 0.3) is 0 Å². The fourth-order valence-electron chi connectivity index (χ4n) is 12.9. The summed E-state index contributed by atoms with van der Waals surface area (Å²) in [5.41, 5.74) is 4.02. The summed E-state index contributed by atoms with van der Waals surface area (Å²) in [6, 6.07) is 7.57. The molecule has 6 rings (SSSR count). The number of benzene rings is 1. The molecule has 1 amide bonds. The number of rotatable bonds is 6. The number of halogens is 1. The number of allylic oxidation sites excluding steroid dienone is 2. The van der Waals surface area contributed by atoms with Gasteiger partial charge in [0.1, 0.15) is 5.60 Å². The zero-order valence-electron chi connectivity index (χ0n) is 32.7. The number of hydrogen-bond acceptors (Lipinski definition) is 3. The first kappa shape index (κ1) is 37.0. The molecule has 5 aliphatic carbocycles. The largest absolute Gasteiger partial charge is 0.444 e. The van der Waals surface area contributed by atoms with Crippen LogP contribution in [0.4, 0.5) is 4.79 Å². The summed E-state index contributed by atoms with van der Waals surface area (Å²) in [5.74, 6) is 3.34. The second kappa shape index (κ2) is 12.4. The topological polar surface area (TPSA) is 46.6 Å². The molecule has 4 nitrogen and oxygen atoms in total. The monoisotopic (exact) mass is 691 g/mol. The van der Waals surface area contributed by atoms with E-state index in [2.05, 4.69) is 55.4 Å². The lowest BCUT2D eigenvalue weighted by molar-refractivity contribution is -0.219. The molecular formula is C44H66ClNO3. The maximum Gasteiger partial charge on any atom is 0.410 e. The van der Waals surface area contributed by atoms with Crippen molar-refractivity contribution in [1.29, 1.82) is 0 Å². The number of hydrogen-bond donors (Lipinski definition) is 0. The Morgan fingerprint density at radius 3 is 2.18 bits per heavy atom. The predicted molar refractivity (Wildman–Crippen MR) is 201 cm³/mol. The van der Waals surface area contributed by atoms with Gasteiger partial charge in [-0.05, 0) is 154 Å². The van der Waals surface area contributed by atoms with Crippen molar-refractivity contribution >= 4 is 23.5 Å². The number of amides is 1. The molecule has 1 aromatic carbocycles. The smallest absolute Gasteiger partial charge is 0.410 e. The minimum atomic E-state index is -0.651. The third-order valence-electron chi connectivity index (χ3n) is 16.0. The molecule has 0 aromatic heterocycles. The van der Waals surface area contributed by atoms with Crippen LogP contribution < -0.4 is 0 Å². The number of ether oxygens (including phenoxy) is 1. The van der Waals surface area contributed by atoms with E-state index in [9.17, 15) is 4.79 Å². The fraction of sp³-hybridized carbons (Fsp3) is 0.773. The van der Waals surface area contributed by atoms with Gasteiger partial charge >= 0.3 is 6.09 Å². The molecule has 1 aromatic rings. The normalized spacial score (nSPS) is 38.3. The molecule has 0 N–H and O–H groups in total. The van der Waals surface area contributed by atoms with Crippen LogP contribution in [0.15, 0.2) is 35.4 Å². The highest BCUT2D eigenvalue weighted by Crippen LogP contribution is 2.77. The molecule has 0 aliphatic heterocycles. The lowest BCUT2D eigenvalue weighted by atomic mass is 9.32. The summed E-state index contributed by atoms with van der Waals surface area (Å²) >= 11 is 6.20. The molecule has 4 saturated carbocycles. The summed E-state index contributed by atoms with van der Waals surface area (Å²) < 4.78 is 5.90. The van der Waals surface area contributed by atoms with Crippen molar-refractivity contribution in [2.24, 2.45) is 56.7 Å². The SMILES string of the molecule is CC(C)C1=C2[C@H]3CC[C@@H]4[C@@]5(C)CC[C@H](C)C(C)(C)[C@@H]5CC[C@@]4(C)[C@]3(C)CC[C@@]2(C(=O)CN(Cc2ccc(Cl)cc2)C(=O)OC(C)(C)C)CC1. The first-order valence-corrected chi connectivity index (χ1v) is 20.1. The molecule has 4 fully saturated rings. The van der Waals surface area contributed by atoms with E-state index in [0.29, 0.717) is 34.2 Å². The van der Waals surface area contributed by atoms with Crippen LogP contribution in [0, 0.1) is 56.7 Å². The van der Waals surface area contributed by atoms with Gasteiger partial charge in [0.05, 0.1) is 12.0 Å². The molecule has 0 radical (unpaired) electrons. The Bertz CT molecular complexity index is 1490. The standard InChI is InChI=1S/C44H66ClNO3/c1-28(2)32-19-23-44(36(47)27-46(38(48)49-39(4,5)6)26-30-12-14-31(45)15-13-30)25-24-42(10)33(37(32)44)16-17-35-41(9)21-18-29(3)40(7,8)34(41)20-22-43(35,42)11/h12-15,28-29,33-35H,16-27H2,1-11H3/t29-,33+,34-,35+,41-,42+,43+,44+/m0/s1. The Labute approximate surface area is 303 Å². The minimum absolute atomic E-state index is 0.0722. The molecule has 0 bridgehead atoms. The average molecular weight is 692 g/mol. The summed E-state index contributed by atoms with van der Waals surface area (Å²) in [6.45, 7) is 26.4. The molecule has 0 saturated heterocycles. The summed E-state index contributed by atoms with van der Waals surface area (Å²) in [6.07, 6.45) is 11.3. The number of ketones is 1. The third-order valence-corrected chi connectivity index (χ3v) is 16.3. The van der Waals surface area contributed by atoms with Gasteiger partial charge in [0.2, 0.25) is 0 Å². The number of fused-ring (bicyclic) bond motifs is 7. The molecule has 0 heterocycles. The lowest BCUT2D eigenvalue weighted by Crippen LogP contribution is -2.65. The number of carbonyl (C=O) groups is 2. The first-order chi connectivity index (χ1) is 22.7. The van der Waals surface area contributed by atoms with Crippen molar-refractivity contribution in [2.75, 3.05) is 6.54 Å². The summed E-state index contributed by atoms with van der Waals surface area (Å²) in [7, 11) is 0. The van der Waals surface area contributed by atoms with Gasteiger partial charge in [-0.25, -0.2) is 4.79 Å². The predicted octanol–water partition coefficient (Wildman–Crippen LogP) is 12.1. The molecular weight excluding hydrogens is 626 g/mol. The van der Waals surface area contributed by atoms with E-state index in [1.165, 1.54) is 44.1 Å². The van der Waals surface area contributed by atoms with Crippen LogP contribution in [-0.2, 0) is 16.1 Å². The first-order valence-electron chi connectivity index (χ1n) is 19.7. The molecule has 272 valence electrons. The highest BCUT2D eigenvalue weighted by atomic mass is 35.5. The highest BCUT2D eigenvalue weighted by molar-refractivity contribution is 6.30. The van der Waals surface area contributed by atoms with Crippen molar-refractivity contribution in [2.45, 2.75) is 153 Å². The second-order valence-electron chi connectivity index (χ2n) is 19.9. The molecule has 8 atom stereocenters. The van der Waals surface area contributed by atoms with Gasteiger partial charge in [0, 0.05) is 11.6 Å². The van der Waals surface area contributed by atoms with E-state index in [1.54, 1.807) is 10.5 Å². The molecule has 5 heteroatoms.